The fourth-order valence-electron chi connectivity index (χ4n) is 0.311. The van der Waals surface area contributed by atoms with E-state index in [9.17, 15) is 17.7 Å². The molecule has 90 valence electrons. The molecule has 1 aliphatic rings. The highest BCUT2D eigenvalue weighted by molar-refractivity contribution is 6.33. The van der Waals surface area contributed by atoms with Gasteiger partial charge >= 0.3 is 7.54 Å². The number of hydrogen-bond acceptors (Lipinski definition) is 2. The van der Waals surface area contributed by atoms with Crippen LogP contribution < -0.4 is 0 Å². The lowest BCUT2D eigenvalue weighted by Gasteiger charge is -2.14. The van der Waals surface area contributed by atoms with Crippen molar-refractivity contribution in [3.05, 3.63) is 0 Å². The largest absolute Gasteiger partial charge is 0.762 e. The van der Waals surface area contributed by atoms with Crippen molar-refractivity contribution in [2.75, 3.05) is 0 Å². The Kier molecular flexibility index (Phi) is 9.62. The van der Waals surface area contributed by atoms with E-state index < -0.39 is 7.54 Å². The van der Waals surface area contributed by atoms with Crippen LogP contribution in [0.3, 0.4) is 0 Å². The van der Waals surface area contributed by atoms with Gasteiger partial charge in [-0.25, -0.2) is 0 Å². The first kappa shape index (κ1) is 16.7. The molecule has 0 atom stereocenters. The molecule has 0 radical (unpaired) electrons. The molecule has 1 fully saturated rings. The van der Waals surface area contributed by atoms with Crippen molar-refractivity contribution in [2.24, 2.45) is 5.92 Å². The zero-order chi connectivity index (χ0) is 12.5. The molecule has 0 aromatic heterocycles. The molecule has 0 bridgehead atoms. The molecule has 1 rings (SSSR count). The molecular formula is C9H18BF3O2. The Balaban J connectivity index is 0. The first-order chi connectivity index (χ1) is 6.69. The normalized spacial score (nSPS) is 13.8. The number of carbonyl (C=O) groups excluding carboxylic acids is 1. The maximum atomic E-state index is 9.67. The van der Waals surface area contributed by atoms with E-state index in [-0.39, 0.29) is 5.60 Å². The van der Waals surface area contributed by atoms with Crippen LogP contribution in [0.1, 0.15) is 40.5 Å². The SMILES string of the molecule is CC(C)(C)OC=O.CC1CC1.FB(F)F. The van der Waals surface area contributed by atoms with E-state index in [0.717, 1.165) is 5.92 Å². The maximum Gasteiger partial charge on any atom is 0.762 e. The zero-order valence-corrected chi connectivity index (χ0v) is 9.60. The van der Waals surface area contributed by atoms with E-state index in [2.05, 4.69) is 11.7 Å². The smallest absolute Gasteiger partial charge is 0.462 e. The molecule has 2 nitrogen and oxygen atoms in total. The van der Waals surface area contributed by atoms with E-state index in [0.29, 0.717) is 6.47 Å². The Labute approximate surface area is 89.4 Å². The third-order valence-corrected chi connectivity index (χ3v) is 1.27. The lowest BCUT2D eigenvalue weighted by Crippen LogP contribution is -2.17. The second-order valence-corrected chi connectivity index (χ2v) is 4.26. The summed E-state index contributed by atoms with van der Waals surface area (Å²) in [5.74, 6) is 1.08. The van der Waals surface area contributed by atoms with Gasteiger partial charge < -0.3 is 4.74 Å². The van der Waals surface area contributed by atoms with Crippen LogP contribution >= 0.6 is 0 Å². The van der Waals surface area contributed by atoms with Crippen LogP contribution in [0.4, 0.5) is 12.9 Å². The Bertz CT molecular complexity index is 153. The monoisotopic (exact) mass is 226 g/mol. The molecule has 1 aliphatic carbocycles. The number of hydrogen-bond donors (Lipinski definition) is 0. The van der Waals surface area contributed by atoms with Gasteiger partial charge in [-0.2, -0.15) is 0 Å². The van der Waals surface area contributed by atoms with Gasteiger partial charge in [0.05, 0.1) is 0 Å². The van der Waals surface area contributed by atoms with E-state index in [1.54, 1.807) is 0 Å². The van der Waals surface area contributed by atoms with Crippen LogP contribution in [0.2, 0.25) is 0 Å². The average Bonchev–Trinajstić information content (AvgIpc) is 2.68. The van der Waals surface area contributed by atoms with Gasteiger partial charge in [-0.05, 0) is 26.7 Å². The Morgan fingerprint density at radius 2 is 1.53 bits per heavy atom. The summed E-state index contributed by atoms with van der Waals surface area (Å²) in [6, 6.07) is 0. The Hall–Kier alpha value is -0.675. The van der Waals surface area contributed by atoms with Crippen LogP contribution in [-0.2, 0) is 9.53 Å². The fraction of sp³-hybridized carbons (Fsp3) is 0.889. The predicted molar refractivity (Wildman–Crippen MR) is 54.4 cm³/mol. The summed E-state index contributed by atoms with van der Waals surface area (Å²) in [4.78, 5) is 9.60. The summed E-state index contributed by atoms with van der Waals surface area (Å²) in [5.41, 5.74) is -0.318. The third-order valence-electron chi connectivity index (χ3n) is 1.27. The minimum Gasteiger partial charge on any atom is -0.462 e. The quantitative estimate of drug-likeness (QED) is 0.506. The second kappa shape index (κ2) is 8.62. The van der Waals surface area contributed by atoms with E-state index in [4.69, 9.17) is 0 Å². The van der Waals surface area contributed by atoms with Gasteiger partial charge in [-0.1, -0.05) is 19.8 Å². The predicted octanol–water partition coefficient (Wildman–Crippen LogP) is 3.25. The number of rotatable bonds is 1. The Morgan fingerprint density at radius 1 is 1.27 bits per heavy atom. The lowest BCUT2D eigenvalue weighted by atomic mass is 10.2. The van der Waals surface area contributed by atoms with Gasteiger partial charge in [0, 0.05) is 0 Å². The summed E-state index contributed by atoms with van der Waals surface area (Å²) in [7, 11) is -3.67. The van der Waals surface area contributed by atoms with Crippen molar-refractivity contribution in [1.29, 1.82) is 0 Å². The summed E-state index contributed by atoms with van der Waals surface area (Å²) in [6.07, 6.45) is 2.97. The van der Waals surface area contributed by atoms with Crippen LogP contribution in [0.15, 0.2) is 0 Å². The summed E-state index contributed by atoms with van der Waals surface area (Å²) in [5, 5.41) is 0. The molecule has 0 amide bonds. The van der Waals surface area contributed by atoms with Crippen molar-refractivity contribution in [3.63, 3.8) is 0 Å². The van der Waals surface area contributed by atoms with Crippen molar-refractivity contribution < 1.29 is 22.5 Å². The molecule has 0 saturated heterocycles. The average molecular weight is 226 g/mol. The molecule has 0 N–H and O–H groups in total. The van der Waals surface area contributed by atoms with E-state index in [1.165, 1.54) is 12.8 Å². The molecule has 0 unspecified atom stereocenters. The summed E-state index contributed by atoms with van der Waals surface area (Å²) in [6.45, 7) is 8.20. The highest BCUT2D eigenvalue weighted by atomic mass is 19.4. The van der Waals surface area contributed by atoms with Gasteiger partial charge in [0.1, 0.15) is 5.60 Å². The lowest BCUT2D eigenvalue weighted by molar-refractivity contribution is -0.138. The molecule has 0 aliphatic heterocycles. The van der Waals surface area contributed by atoms with Crippen molar-refractivity contribution in [1.82, 2.24) is 0 Å². The van der Waals surface area contributed by atoms with Crippen molar-refractivity contribution in [2.45, 2.75) is 46.1 Å². The second-order valence-electron chi connectivity index (χ2n) is 4.26. The molecular weight excluding hydrogens is 208 g/mol. The van der Waals surface area contributed by atoms with E-state index >= 15 is 0 Å². The molecule has 0 heterocycles. The molecule has 0 aromatic carbocycles. The standard InChI is InChI=1S/C5H10O2.C4H8.BF3/c1-5(2,3)7-4-6;1-4-2-3-4;2-1(3)4/h4H,1-3H3;4H,2-3H2,1H3;. The highest BCUT2D eigenvalue weighted by Gasteiger charge is 2.12. The topological polar surface area (TPSA) is 26.3 Å². The Morgan fingerprint density at radius 3 is 1.53 bits per heavy atom. The van der Waals surface area contributed by atoms with Crippen molar-refractivity contribution >= 4 is 14.0 Å². The highest BCUT2D eigenvalue weighted by Crippen LogP contribution is 2.26. The van der Waals surface area contributed by atoms with Crippen LogP contribution in [0.25, 0.3) is 0 Å². The number of ether oxygens (including phenoxy) is 1. The zero-order valence-electron chi connectivity index (χ0n) is 9.60. The molecule has 15 heavy (non-hydrogen) atoms. The molecule has 0 aromatic rings. The first-order valence-corrected chi connectivity index (χ1v) is 4.72. The van der Waals surface area contributed by atoms with Gasteiger partial charge in [-0.15, -0.1) is 0 Å². The molecule has 0 spiro atoms. The number of halogens is 3. The van der Waals surface area contributed by atoms with Crippen LogP contribution in [0.5, 0.6) is 0 Å². The summed E-state index contributed by atoms with van der Waals surface area (Å²) >= 11 is 0. The minimum absolute atomic E-state index is 0.318. The third kappa shape index (κ3) is 42.7. The van der Waals surface area contributed by atoms with E-state index in [1.807, 2.05) is 20.8 Å². The van der Waals surface area contributed by atoms with Crippen LogP contribution in [-0.4, -0.2) is 19.6 Å². The fourth-order valence-corrected chi connectivity index (χ4v) is 0.311. The maximum absolute atomic E-state index is 9.67. The molecule has 1 saturated carbocycles. The number of carbonyl (C=O) groups is 1. The molecule has 6 heteroatoms. The van der Waals surface area contributed by atoms with Gasteiger partial charge in [0.15, 0.2) is 0 Å². The van der Waals surface area contributed by atoms with Gasteiger partial charge in [-0.3, -0.25) is 17.7 Å². The summed E-state index contributed by atoms with van der Waals surface area (Å²) < 4.78 is 33.5. The van der Waals surface area contributed by atoms with Crippen molar-refractivity contribution in [3.8, 4) is 0 Å². The van der Waals surface area contributed by atoms with Gasteiger partial charge in [0.2, 0.25) is 0 Å². The van der Waals surface area contributed by atoms with Gasteiger partial charge in [0.25, 0.3) is 6.47 Å². The van der Waals surface area contributed by atoms with Crippen LogP contribution in [0, 0.1) is 5.92 Å². The minimum atomic E-state index is -3.67. The first-order valence-electron chi connectivity index (χ1n) is 4.72.